The molecule has 0 saturated heterocycles. The predicted octanol–water partition coefficient (Wildman–Crippen LogP) is 6.20. The minimum Gasteiger partial charge on any atom is -0.383 e. The number of H-pyrrole nitrogens is 1. The van der Waals surface area contributed by atoms with Crippen LogP contribution in [0.5, 0.6) is 0 Å². The van der Waals surface area contributed by atoms with Gasteiger partial charge in [0.25, 0.3) is 5.91 Å². The van der Waals surface area contributed by atoms with E-state index in [0.717, 1.165) is 28.6 Å². The Morgan fingerprint density at radius 1 is 0.925 bits per heavy atom. The number of amides is 2. The van der Waals surface area contributed by atoms with Gasteiger partial charge < -0.3 is 19.5 Å². The molecule has 0 aliphatic heterocycles. The number of para-hydroxylation sites is 1. The third-order valence-electron chi connectivity index (χ3n) is 6.60. The monoisotopic (exact) mass is 571 g/mol. The lowest BCUT2D eigenvalue weighted by Crippen LogP contribution is -2.44. The average molecular weight is 572 g/mol. The van der Waals surface area contributed by atoms with E-state index in [4.69, 9.17) is 16.3 Å². The summed E-state index contributed by atoms with van der Waals surface area (Å²) in [4.78, 5) is 33.1. The Balaban J connectivity index is 1.56. The van der Waals surface area contributed by atoms with Crippen molar-refractivity contribution in [3.63, 3.8) is 0 Å². The molecule has 0 fully saturated rings. The molecule has 6 nitrogen and oxygen atoms in total. The molecule has 0 bridgehead atoms. The smallest absolute Gasteiger partial charge is 0.383 e. The molecule has 0 aliphatic rings. The van der Waals surface area contributed by atoms with E-state index in [9.17, 15) is 22.8 Å². The van der Waals surface area contributed by atoms with Crippen molar-refractivity contribution in [2.24, 2.45) is 0 Å². The number of ether oxygens (including phenoxy) is 1. The first-order chi connectivity index (χ1) is 19.2. The molecular formula is C30H29ClF3N3O3. The fraction of sp³-hybridized carbons (Fsp3) is 0.267. The molecule has 4 aromatic rings. The molecule has 0 aliphatic carbocycles. The molecule has 1 N–H and O–H groups in total. The van der Waals surface area contributed by atoms with Gasteiger partial charge in [0.2, 0.25) is 5.91 Å². The topological polar surface area (TPSA) is 65.6 Å². The van der Waals surface area contributed by atoms with Crippen LogP contribution in [0, 0.1) is 0 Å². The summed E-state index contributed by atoms with van der Waals surface area (Å²) in [6.07, 6.45) is -2.05. The molecule has 0 atom stereocenters. The molecule has 210 valence electrons. The second-order valence-corrected chi connectivity index (χ2v) is 9.78. The van der Waals surface area contributed by atoms with Crippen LogP contribution in [0.15, 0.2) is 79.0 Å². The number of carbonyl (C=O) groups excluding carboxylic acids is 2. The number of nitrogens with zero attached hydrogens (tertiary/aromatic N) is 2. The van der Waals surface area contributed by atoms with E-state index in [1.165, 1.54) is 24.1 Å². The van der Waals surface area contributed by atoms with Gasteiger partial charge in [0.15, 0.2) is 0 Å². The highest BCUT2D eigenvalue weighted by Gasteiger charge is 2.30. The molecule has 2 amide bonds. The van der Waals surface area contributed by atoms with E-state index in [2.05, 4.69) is 4.98 Å². The fourth-order valence-corrected chi connectivity index (χ4v) is 4.52. The van der Waals surface area contributed by atoms with Crippen LogP contribution in [0.3, 0.4) is 0 Å². The maximum atomic E-state index is 13.6. The van der Waals surface area contributed by atoms with E-state index in [1.807, 2.05) is 30.5 Å². The zero-order chi connectivity index (χ0) is 28.7. The van der Waals surface area contributed by atoms with E-state index >= 15 is 0 Å². The number of nitrogens with one attached hydrogen (secondary N) is 1. The Labute approximate surface area is 235 Å². The van der Waals surface area contributed by atoms with Crippen molar-refractivity contribution >= 4 is 34.3 Å². The molecule has 0 spiro atoms. The van der Waals surface area contributed by atoms with E-state index in [1.54, 1.807) is 29.2 Å². The molecule has 3 aromatic carbocycles. The summed E-state index contributed by atoms with van der Waals surface area (Å²) in [5.41, 5.74) is 2.15. The maximum absolute atomic E-state index is 13.6. The van der Waals surface area contributed by atoms with Crippen LogP contribution < -0.4 is 0 Å². The van der Waals surface area contributed by atoms with Gasteiger partial charge in [-0.3, -0.25) is 9.59 Å². The van der Waals surface area contributed by atoms with Crippen LogP contribution in [-0.4, -0.2) is 59.9 Å². The lowest BCUT2D eigenvalue weighted by Gasteiger charge is -2.28. The molecule has 0 saturated carbocycles. The van der Waals surface area contributed by atoms with Crippen LogP contribution in [-0.2, 0) is 28.7 Å². The van der Waals surface area contributed by atoms with Crippen molar-refractivity contribution in [2.75, 3.05) is 33.4 Å². The largest absolute Gasteiger partial charge is 0.416 e. The first-order valence-electron chi connectivity index (χ1n) is 12.7. The number of alkyl halides is 3. The van der Waals surface area contributed by atoms with E-state index < -0.39 is 11.7 Å². The molecular weight excluding hydrogens is 543 g/mol. The van der Waals surface area contributed by atoms with Gasteiger partial charge in [-0.15, -0.1) is 0 Å². The van der Waals surface area contributed by atoms with Crippen molar-refractivity contribution in [1.29, 1.82) is 0 Å². The summed E-state index contributed by atoms with van der Waals surface area (Å²) in [5.74, 6) is -0.689. The minimum absolute atomic E-state index is 0.0899. The van der Waals surface area contributed by atoms with Crippen molar-refractivity contribution in [2.45, 2.75) is 19.1 Å². The second kappa shape index (κ2) is 13.0. The van der Waals surface area contributed by atoms with Crippen LogP contribution in [0.25, 0.3) is 10.9 Å². The molecule has 40 heavy (non-hydrogen) atoms. The Morgan fingerprint density at radius 2 is 1.62 bits per heavy atom. The summed E-state index contributed by atoms with van der Waals surface area (Å²) < 4.78 is 44.4. The zero-order valence-electron chi connectivity index (χ0n) is 21.9. The first-order valence-corrected chi connectivity index (χ1v) is 13.1. The third-order valence-corrected chi connectivity index (χ3v) is 6.86. The SMILES string of the molecule is COCCN(CC(=O)N(CCc1c[nH]c2ccccc12)Cc1ccc(C(F)(F)F)cc1)C(=O)c1ccc(Cl)cc1. The number of hydrogen-bond acceptors (Lipinski definition) is 3. The van der Waals surface area contributed by atoms with Crippen LogP contribution in [0.4, 0.5) is 13.2 Å². The van der Waals surface area contributed by atoms with E-state index in [0.29, 0.717) is 29.1 Å². The number of halogens is 4. The molecule has 1 aromatic heterocycles. The van der Waals surface area contributed by atoms with Crippen molar-refractivity contribution < 1.29 is 27.5 Å². The predicted molar refractivity (Wildman–Crippen MR) is 148 cm³/mol. The van der Waals surface area contributed by atoms with Gasteiger partial charge in [-0.05, 0) is 60.0 Å². The molecule has 4 rings (SSSR count). The van der Waals surface area contributed by atoms with Gasteiger partial charge in [0.05, 0.1) is 12.2 Å². The number of aromatic nitrogens is 1. The molecule has 10 heteroatoms. The molecule has 0 radical (unpaired) electrons. The number of fused-ring (bicyclic) bond motifs is 1. The number of methoxy groups -OCH3 is 1. The maximum Gasteiger partial charge on any atom is 0.416 e. The Morgan fingerprint density at radius 3 is 2.30 bits per heavy atom. The van der Waals surface area contributed by atoms with Gasteiger partial charge in [-0.25, -0.2) is 0 Å². The Bertz CT molecular complexity index is 1440. The first kappa shape index (κ1) is 29.2. The lowest BCUT2D eigenvalue weighted by molar-refractivity contribution is -0.137. The highest BCUT2D eigenvalue weighted by molar-refractivity contribution is 6.30. The standard InChI is InChI=1S/C30H29ClF3N3O3/c1-40-17-16-37(29(39)22-8-12-25(31)13-9-22)20-28(38)36(19-21-6-10-24(11-7-21)30(32,33)34)15-14-23-18-35-27-5-3-2-4-26(23)27/h2-13,18,35H,14-17,19-20H2,1H3. The number of hydrogen-bond donors (Lipinski definition) is 1. The minimum atomic E-state index is -4.45. The Kier molecular flexibility index (Phi) is 9.50. The van der Waals surface area contributed by atoms with Crippen molar-refractivity contribution in [1.82, 2.24) is 14.8 Å². The van der Waals surface area contributed by atoms with Crippen molar-refractivity contribution in [3.05, 3.63) is 106 Å². The lowest BCUT2D eigenvalue weighted by atomic mass is 10.1. The quantitative estimate of drug-likeness (QED) is 0.233. The third kappa shape index (κ3) is 7.43. The summed E-state index contributed by atoms with van der Waals surface area (Å²) in [5, 5.41) is 1.51. The number of rotatable bonds is 11. The number of carbonyl (C=O) groups is 2. The zero-order valence-corrected chi connectivity index (χ0v) is 22.6. The number of benzene rings is 3. The van der Waals surface area contributed by atoms with Crippen LogP contribution >= 0.6 is 11.6 Å². The van der Waals surface area contributed by atoms with Crippen LogP contribution in [0.1, 0.15) is 27.0 Å². The summed E-state index contributed by atoms with van der Waals surface area (Å²) >= 11 is 5.96. The van der Waals surface area contributed by atoms with Gasteiger partial charge in [-0.2, -0.15) is 13.2 Å². The van der Waals surface area contributed by atoms with Crippen molar-refractivity contribution in [3.8, 4) is 0 Å². The van der Waals surface area contributed by atoms with Crippen LogP contribution in [0.2, 0.25) is 5.02 Å². The average Bonchev–Trinajstić information content (AvgIpc) is 3.36. The Hall–Kier alpha value is -3.82. The summed E-state index contributed by atoms with van der Waals surface area (Å²) in [7, 11) is 1.50. The highest BCUT2D eigenvalue weighted by atomic mass is 35.5. The molecule has 1 heterocycles. The second-order valence-electron chi connectivity index (χ2n) is 9.35. The highest BCUT2D eigenvalue weighted by Crippen LogP contribution is 2.29. The number of aromatic amines is 1. The van der Waals surface area contributed by atoms with E-state index in [-0.39, 0.29) is 38.1 Å². The normalized spacial score (nSPS) is 11.5. The van der Waals surface area contributed by atoms with Gasteiger partial charge in [0.1, 0.15) is 6.54 Å². The van der Waals surface area contributed by atoms with Gasteiger partial charge in [-0.1, -0.05) is 41.9 Å². The summed E-state index contributed by atoms with van der Waals surface area (Å²) in [6.45, 7) is 0.571. The van der Waals surface area contributed by atoms with Gasteiger partial charge in [0, 0.05) is 54.4 Å². The van der Waals surface area contributed by atoms with Gasteiger partial charge >= 0.3 is 6.18 Å². The summed E-state index contributed by atoms with van der Waals surface area (Å²) in [6, 6.07) is 18.9. The molecule has 0 unspecified atom stereocenters. The fourth-order valence-electron chi connectivity index (χ4n) is 4.40.